The fraction of sp³-hybridized carbons (Fsp3) is 0.804. The first-order chi connectivity index (χ1) is 31.1. The van der Waals surface area contributed by atoms with E-state index in [1.165, 1.54) is 19.3 Å². The van der Waals surface area contributed by atoms with Crippen molar-refractivity contribution in [3.05, 3.63) is 48.6 Å². The van der Waals surface area contributed by atoms with Crippen LogP contribution in [0.5, 0.6) is 0 Å². The maximum Gasteiger partial charge on any atom is 0.331 e. The Kier molecular flexibility index (Phi) is 21.1. The van der Waals surface area contributed by atoms with Crippen LogP contribution in [-0.4, -0.2) is 139 Å². The number of hydrogen-bond donors (Lipinski definition) is 4. The maximum absolute atomic E-state index is 13.5. The van der Waals surface area contributed by atoms with Gasteiger partial charge in [0.1, 0.15) is 18.3 Å². The first-order valence-corrected chi connectivity index (χ1v) is 24.3. The number of esters is 2. The van der Waals surface area contributed by atoms with Crippen LogP contribution in [0.4, 0.5) is 0 Å². The van der Waals surface area contributed by atoms with Gasteiger partial charge < -0.3 is 63.1 Å². The number of allylic oxidation sites excluding steroid dienone is 4. The Balaban J connectivity index is 1.53. The van der Waals surface area contributed by atoms with Gasteiger partial charge in [-0.15, -0.1) is 0 Å². The zero-order valence-corrected chi connectivity index (χ0v) is 42.0. The Morgan fingerprint density at radius 2 is 1.09 bits per heavy atom. The molecule has 4 N–H and O–H groups in total. The highest BCUT2D eigenvalue weighted by molar-refractivity contribution is 5.83. The average Bonchev–Trinajstić information content (AvgIpc) is 3.29. The summed E-state index contributed by atoms with van der Waals surface area (Å²) >= 11 is 0. The fourth-order valence-corrected chi connectivity index (χ4v) is 11.0. The Hall–Kier alpha value is -2.54. The van der Waals surface area contributed by atoms with Crippen LogP contribution >= 0.6 is 0 Å². The van der Waals surface area contributed by atoms with Gasteiger partial charge in [-0.3, -0.25) is 0 Å². The molecule has 0 aromatic carbocycles. The molecule has 3 fully saturated rings. The Morgan fingerprint density at radius 1 is 0.667 bits per heavy atom. The van der Waals surface area contributed by atoms with Gasteiger partial charge in [0.05, 0.1) is 48.8 Å². The predicted octanol–water partition coefficient (Wildman–Crippen LogP) is 6.20. The highest BCUT2D eigenvalue weighted by Gasteiger charge is 2.55. The van der Waals surface area contributed by atoms with Gasteiger partial charge >= 0.3 is 11.9 Å². The van der Waals surface area contributed by atoms with Gasteiger partial charge in [0.25, 0.3) is 0 Å². The van der Waals surface area contributed by atoms with Crippen molar-refractivity contribution in [3.63, 3.8) is 0 Å². The zero-order chi connectivity index (χ0) is 49.3. The lowest BCUT2D eigenvalue weighted by Gasteiger charge is -2.52. The number of rotatable bonds is 15. The number of hydrogen-bond acceptors (Lipinski definition) is 15. The summed E-state index contributed by atoms with van der Waals surface area (Å²) in [5.41, 5.74) is 0. The molecule has 0 radical (unpaired) electrons. The van der Waals surface area contributed by atoms with E-state index in [0.717, 1.165) is 12.8 Å². The van der Waals surface area contributed by atoms with Gasteiger partial charge in [0, 0.05) is 100 Å². The van der Waals surface area contributed by atoms with E-state index in [0.29, 0.717) is 6.42 Å². The molecular formula is C51H84O15. The summed E-state index contributed by atoms with van der Waals surface area (Å²) < 4.78 is 55.9. The van der Waals surface area contributed by atoms with E-state index in [4.69, 9.17) is 42.6 Å². The number of methoxy groups -OCH3 is 3. The molecule has 4 aliphatic heterocycles. The van der Waals surface area contributed by atoms with E-state index >= 15 is 0 Å². The van der Waals surface area contributed by atoms with Crippen LogP contribution in [0.3, 0.4) is 0 Å². The third-order valence-electron chi connectivity index (χ3n) is 15.4. The summed E-state index contributed by atoms with van der Waals surface area (Å²) in [6, 6.07) is 0. The Bertz CT molecular complexity index is 1640. The van der Waals surface area contributed by atoms with Crippen LogP contribution in [-0.2, 0) is 52.2 Å². The summed E-state index contributed by atoms with van der Waals surface area (Å²) in [7, 11) is 4.79. The van der Waals surface area contributed by atoms with Gasteiger partial charge in [-0.1, -0.05) is 91.8 Å². The van der Waals surface area contributed by atoms with Gasteiger partial charge in [0.2, 0.25) is 0 Å². The van der Waals surface area contributed by atoms with Crippen molar-refractivity contribution in [2.75, 3.05) is 21.3 Å². The number of carbonyl (C=O) groups is 2. The van der Waals surface area contributed by atoms with Crippen LogP contribution in [0.15, 0.2) is 48.6 Å². The first-order valence-electron chi connectivity index (χ1n) is 24.3. The zero-order valence-electron chi connectivity index (χ0n) is 42.0. The second-order valence-corrected chi connectivity index (χ2v) is 19.5. The van der Waals surface area contributed by atoms with Gasteiger partial charge in [-0.2, -0.15) is 0 Å². The smallest absolute Gasteiger partial charge is 0.331 e. The Morgan fingerprint density at radius 3 is 1.48 bits per heavy atom. The normalized spacial score (nSPS) is 43.2. The van der Waals surface area contributed by atoms with Crippen molar-refractivity contribution in [1.29, 1.82) is 0 Å². The molecule has 0 saturated carbocycles. The minimum atomic E-state index is -1.31. The lowest BCUT2D eigenvalue weighted by atomic mass is 9.76. The summed E-state index contributed by atoms with van der Waals surface area (Å²) in [4.78, 5) is 27.0. The van der Waals surface area contributed by atoms with Crippen molar-refractivity contribution >= 4 is 11.9 Å². The lowest BCUT2D eigenvalue weighted by Crippen LogP contribution is -2.60. The molecule has 378 valence electrons. The van der Waals surface area contributed by atoms with E-state index in [1.54, 1.807) is 57.6 Å². The topological polar surface area (TPSA) is 198 Å². The number of ether oxygens (including phenoxy) is 9. The second kappa shape index (κ2) is 24.8. The average molecular weight is 937 g/mol. The maximum atomic E-state index is 13.5. The van der Waals surface area contributed by atoms with Crippen molar-refractivity contribution in [2.45, 2.75) is 193 Å². The van der Waals surface area contributed by atoms with Crippen LogP contribution in [0.2, 0.25) is 0 Å². The Labute approximate surface area is 394 Å². The van der Waals surface area contributed by atoms with E-state index in [9.17, 15) is 30.0 Å². The molecule has 66 heavy (non-hydrogen) atoms. The second-order valence-electron chi connectivity index (χ2n) is 19.5. The quantitative estimate of drug-likeness (QED) is 0.135. The van der Waals surface area contributed by atoms with E-state index in [2.05, 4.69) is 6.92 Å². The molecule has 22 atom stereocenters. The number of cyclic esters (lactones) is 2. The lowest BCUT2D eigenvalue weighted by molar-refractivity contribution is -0.352. The van der Waals surface area contributed by atoms with E-state index in [1.807, 2.05) is 62.3 Å². The summed E-state index contributed by atoms with van der Waals surface area (Å²) in [6.45, 7) is 20.9. The van der Waals surface area contributed by atoms with Crippen LogP contribution in [0.1, 0.15) is 108 Å². The summed E-state index contributed by atoms with van der Waals surface area (Å²) in [5, 5.41) is 44.9. The molecule has 0 spiro atoms. The van der Waals surface area contributed by atoms with Gasteiger partial charge in [0.15, 0.2) is 17.9 Å². The minimum Gasteiger partial charge on any atom is -0.458 e. The molecule has 0 amide bonds. The molecule has 15 heteroatoms. The van der Waals surface area contributed by atoms with Crippen LogP contribution in [0.25, 0.3) is 0 Å². The molecule has 4 rings (SSSR count). The van der Waals surface area contributed by atoms with Crippen LogP contribution < -0.4 is 0 Å². The third kappa shape index (κ3) is 13.0. The van der Waals surface area contributed by atoms with Crippen molar-refractivity contribution in [1.82, 2.24) is 0 Å². The van der Waals surface area contributed by atoms with E-state index < -0.39 is 114 Å². The molecule has 3 saturated heterocycles. The van der Waals surface area contributed by atoms with Crippen molar-refractivity contribution in [3.8, 4) is 0 Å². The first kappa shape index (κ1) is 56.1. The van der Waals surface area contributed by atoms with Gasteiger partial charge in [-0.25, -0.2) is 9.59 Å². The minimum absolute atomic E-state index is 0.0526. The van der Waals surface area contributed by atoms with Crippen molar-refractivity contribution in [2.24, 2.45) is 47.3 Å². The van der Waals surface area contributed by atoms with Crippen molar-refractivity contribution < 1.29 is 72.6 Å². The number of carbonyl (C=O) groups excluding carboxylic acids is 2. The molecule has 0 aromatic rings. The van der Waals surface area contributed by atoms with E-state index in [-0.39, 0.29) is 43.0 Å². The molecule has 0 unspecified atom stereocenters. The summed E-state index contributed by atoms with van der Waals surface area (Å²) in [6.07, 6.45) is 6.84. The summed E-state index contributed by atoms with van der Waals surface area (Å²) in [5.74, 6) is -6.79. The fourth-order valence-electron chi connectivity index (χ4n) is 11.0. The number of aliphatic hydroxyl groups is 4. The highest BCUT2D eigenvalue weighted by atomic mass is 16.7. The molecule has 0 bridgehead atoms. The molecule has 15 nitrogen and oxygen atoms in total. The molecule has 0 aromatic heterocycles. The largest absolute Gasteiger partial charge is 0.458 e. The molecule has 4 heterocycles. The molecule has 0 aliphatic carbocycles. The standard InChI is InChI=1S/C51H84O15/c1-15-37-34(9)65-50(59-13,26-40(37)58-12)32(7)45(55)30(5)48-28(3)21-17-19-24-43(54)64-49(29(4)22-18-20-23-42(53)63-48)31(6)46(56)33(8)51(60-14)27-41(38(16-2)35(10)66-51)62-44-25-39(52)47(57)36(11)61-44/h17-24,28-41,44-49,52,55-57H,15-16,25-27H2,1-14H3/b21-17+,22-18+,23-20-,24-19+/t28-,29-,30-,31-,32-,33-,34+,35+,36-,37+,38+,39-,40+,41+,44-,45+,46+,47+,48-,49-,50+,51+/m0/s1. The monoisotopic (exact) mass is 937 g/mol. The van der Waals surface area contributed by atoms with Gasteiger partial charge in [-0.05, 0) is 33.6 Å². The predicted molar refractivity (Wildman–Crippen MR) is 247 cm³/mol. The molecule has 4 aliphatic rings. The SMILES string of the molecule is CC[C@@H]1[C@@H](C)O[C@@](OC)([C@@H](C)[C@H](O)[C@H](C)[C@H]2OC(=O)/C=C\C=C\[C@H](C)[C@@H]([C@@H](C)[C@@H](O)[C@H](C)[C@@]3(OC)C[C@@H](O[C@H]4C[C@H](O)[C@H](O)[C@H](C)O4)[C@H](CC)[C@@H](C)O3)OC(=O)/C=C/C=C/[C@@H]2C)C[C@H]1OC. The highest BCUT2D eigenvalue weighted by Crippen LogP contribution is 2.46. The molecular weight excluding hydrogens is 853 g/mol. The third-order valence-corrected chi connectivity index (χ3v) is 15.4. The van der Waals surface area contributed by atoms with Crippen LogP contribution in [0, 0.1) is 47.3 Å². The number of aliphatic hydroxyl groups excluding tert-OH is 4.